The second-order valence-corrected chi connectivity index (χ2v) is 6.64. The largest absolute Gasteiger partial charge is 0.358 e. The number of nitriles is 1. The summed E-state index contributed by atoms with van der Waals surface area (Å²) in [6, 6.07) is 6.55. The van der Waals surface area contributed by atoms with Crippen molar-refractivity contribution < 1.29 is 4.79 Å². The lowest BCUT2D eigenvalue weighted by Gasteiger charge is -2.29. The number of aryl methyl sites for hydroxylation is 3. The van der Waals surface area contributed by atoms with Gasteiger partial charge in [0.2, 0.25) is 5.91 Å². The third-order valence-corrected chi connectivity index (χ3v) is 5.05. The van der Waals surface area contributed by atoms with Crippen LogP contribution in [-0.2, 0) is 11.2 Å². The summed E-state index contributed by atoms with van der Waals surface area (Å²) in [6.45, 7) is 7.65. The van der Waals surface area contributed by atoms with Crippen LogP contribution in [-0.4, -0.2) is 28.9 Å². The molecule has 0 aliphatic carbocycles. The smallest absolute Gasteiger partial charge is 0.227 e. The van der Waals surface area contributed by atoms with Crippen molar-refractivity contribution in [2.75, 3.05) is 13.1 Å². The number of aromatic nitrogens is 1. The number of carbonyl (C=O) groups excluding carboxylic acids is 1. The van der Waals surface area contributed by atoms with E-state index in [1.54, 1.807) is 0 Å². The second-order valence-electron chi connectivity index (χ2n) is 6.64. The first-order valence-electron chi connectivity index (χ1n) is 8.26. The van der Waals surface area contributed by atoms with Gasteiger partial charge in [0.15, 0.2) is 0 Å². The molecular formula is C19H23N3O. The molecule has 0 saturated carbocycles. The van der Waals surface area contributed by atoms with Gasteiger partial charge in [-0.3, -0.25) is 4.79 Å². The molecule has 0 atom stereocenters. The quantitative estimate of drug-likeness (QED) is 0.924. The summed E-state index contributed by atoms with van der Waals surface area (Å²) >= 11 is 0. The molecule has 0 radical (unpaired) electrons. The van der Waals surface area contributed by atoms with Crippen LogP contribution in [0.3, 0.4) is 0 Å². The van der Waals surface area contributed by atoms with Crippen LogP contribution in [0.4, 0.5) is 0 Å². The maximum Gasteiger partial charge on any atom is 0.227 e. The minimum atomic E-state index is 0.110. The van der Waals surface area contributed by atoms with Gasteiger partial charge in [-0.15, -0.1) is 0 Å². The number of aromatic amines is 1. The Morgan fingerprint density at radius 2 is 1.91 bits per heavy atom. The molecule has 4 nitrogen and oxygen atoms in total. The number of benzene rings is 1. The number of piperidine rings is 1. The van der Waals surface area contributed by atoms with E-state index in [2.05, 4.69) is 37.0 Å². The van der Waals surface area contributed by atoms with Gasteiger partial charge >= 0.3 is 0 Å². The molecule has 1 saturated heterocycles. The van der Waals surface area contributed by atoms with Gasteiger partial charge in [0.25, 0.3) is 0 Å². The topological polar surface area (TPSA) is 59.9 Å². The van der Waals surface area contributed by atoms with E-state index >= 15 is 0 Å². The van der Waals surface area contributed by atoms with Gasteiger partial charge in [-0.05, 0) is 50.3 Å². The monoisotopic (exact) mass is 309 g/mol. The summed E-state index contributed by atoms with van der Waals surface area (Å²) in [6.07, 6.45) is 2.04. The summed E-state index contributed by atoms with van der Waals surface area (Å²) in [5.74, 6) is 0.282. The van der Waals surface area contributed by atoms with Crippen LogP contribution in [0.2, 0.25) is 0 Å². The zero-order valence-electron chi connectivity index (χ0n) is 14.1. The Bertz CT molecular complexity index is 789. The van der Waals surface area contributed by atoms with Gasteiger partial charge in [-0.1, -0.05) is 12.1 Å². The highest BCUT2D eigenvalue weighted by atomic mass is 16.2. The highest BCUT2D eigenvalue weighted by Crippen LogP contribution is 2.29. The van der Waals surface area contributed by atoms with E-state index in [-0.39, 0.29) is 11.8 Å². The molecule has 23 heavy (non-hydrogen) atoms. The van der Waals surface area contributed by atoms with Crippen LogP contribution >= 0.6 is 0 Å². The second kappa shape index (κ2) is 6.08. The van der Waals surface area contributed by atoms with Crippen LogP contribution in [0, 0.1) is 38.0 Å². The summed E-state index contributed by atoms with van der Waals surface area (Å²) < 4.78 is 0. The molecule has 2 aromatic rings. The number of carbonyl (C=O) groups is 1. The van der Waals surface area contributed by atoms with Crippen molar-refractivity contribution in [3.05, 3.63) is 34.5 Å². The highest BCUT2D eigenvalue weighted by Gasteiger charge is 2.24. The molecule has 1 aromatic heterocycles. The van der Waals surface area contributed by atoms with Crippen molar-refractivity contribution >= 4 is 16.8 Å². The van der Waals surface area contributed by atoms with E-state index in [0.717, 1.165) is 29.6 Å². The van der Waals surface area contributed by atoms with Crippen LogP contribution in [0.5, 0.6) is 0 Å². The molecule has 1 N–H and O–H groups in total. The first kappa shape index (κ1) is 15.6. The lowest BCUT2D eigenvalue weighted by Crippen LogP contribution is -2.39. The number of nitrogens with zero attached hydrogens (tertiary/aromatic N) is 2. The average Bonchev–Trinajstić information content (AvgIpc) is 2.89. The molecule has 2 heterocycles. The third kappa shape index (κ3) is 2.84. The van der Waals surface area contributed by atoms with Crippen LogP contribution < -0.4 is 0 Å². The predicted octanol–water partition coefficient (Wildman–Crippen LogP) is 3.40. The minimum absolute atomic E-state index is 0.110. The van der Waals surface area contributed by atoms with Gasteiger partial charge in [0.05, 0.1) is 12.5 Å². The van der Waals surface area contributed by atoms with Gasteiger partial charge in [-0.25, -0.2) is 0 Å². The van der Waals surface area contributed by atoms with Crippen LogP contribution in [0.15, 0.2) is 12.1 Å². The fraction of sp³-hybridized carbons (Fsp3) is 0.474. The molecule has 1 fully saturated rings. The summed E-state index contributed by atoms with van der Waals surface area (Å²) in [7, 11) is 0. The Morgan fingerprint density at radius 3 is 2.57 bits per heavy atom. The molecule has 1 aliphatic rings. The number of fused-ring (bicyclic) bond motifs is 1. The van der Waals surface area contributed by atoms with Crippen molar-refractivity contribution in [1.29, 1.82) is 5.26 Å². The number of hydrogen-bond acceptors (Lipinski definition) is 2. The van der Waals surface area contributed by atoms with Crippen molar-refractivity contribution in [3.8, 4) is 6.07 Å². The Morgan fingerprint density at radius 1 is 1.26 bits per heavy atom. The Hall–Kier alpha value is -2.28. The van der Waals surface area contributed by atoms with Crippen molar-refractivity contribution in [2.45, 2.75) is 40.0 Å². The molecule has 0 unspecified atom stereocenters. The van der Waals surface area contributed by atoms with Gasteiger partial charge in [0.1, 0.15) is 0 Å². The number of likely N-dealkylation sites (tertiary alicyclic amines) is 1. The lowest BCUT2D eigenvalue weighted by molar-refractivity contribution is -0.131. The van der Waals surface area contributed by atoms with E-state index in [1.165, 1.54) is 16.5 Å². The normalized spacial score (nSPS) is 15.8. The zero-order valence-corrected chi connectivity index (χ0v) is 14.1. The van der Waals surface area contributed by atoms with Crippen LogP contribution in [0.25, 0.3) is 10.9 Å². The molecule has 3 rings (SSSR count). The van der Waals surface area contributed by atoms with Crippen LogP contribution in [0.1, 0.15) is 35.2 Å². The molecule has 1 aromatic carbocycles. The van der Waals surface area contributed by atoms with Gasteiger partial charge < -0.3 is 9.88 Å². The maximum absolute atomic E-state index is 12.7. The van der Waals surface area contributed by atoms with E-state index in [9.17, 15) is 4.79 Å². The fourth-order valence-corrected chi connectivity index (χ4v) is 3.55. The van der Waals surface area contributed by atoms with Crippen molar-refractivity contribution in [3.63, 3.8) is 0 Å². The molecule has 4 heteroatoms. The molecule has 1 aliphatic heterocycles. The lowest BCUT2D eigenvalue weighted by atomic mass is 9.97. The van der Waals surface area contributed by atoms with E-state index < -0.39 is 0 Å². The Balaban J connectivity index is 1.85. The first-order chi connectivity index (χ1) is 11.0. The van der Waals surface area contributed by atoms with E-state index in [1.807, 2.05) is 11.8 Å². The predicted molar refractivity (Wildman–Crippen MR) is 91.1 cm³/mol. The fourth-order valence-electron chi connectivity index (χ4n) is 3.55. The standard InChI is InChI=1S/C19H23N3O/c1-12-4-5-13(2)19-18(12)16(14(3)21-19)10-17(23)22-8-6-15(11-20)7-9-22/h4-5,15,21H,6-10H2,1-3H3. The highest BCUT2D eigenvalue weighted by molar-refractivity contribution is 5.93. The molecule has 0 bridgehead atoms. The van der Waals surface area contributed by atoms with Gasteiger partial charge in [0, 0.05) is 35.6 Å². The summed E-state index contributed by atoms with van der Waals surface area (Å²) in [5.41, 5.74) is 5.77. The first-order valence-corrected chi connectivity index (χ1v) is 8.26. The maximum atomic E-state index is 12.7. The molecular weight excluding hydrogens is 286 g/mol. The molecule has 120 valence electrons. The third-order valence-electron chi connectivity index (χ3n) is 5.05. The number of amides is 1. The number of rotatable bonds is 2. The van der Waals surface area contributed by atoms with Crippen molar-refractivity contribution in [1.82, 2.24) is 9.88 Å². The minimum Gasteiger partial charge on any atom is -0.358 e. The average molecular weight is 309 g/mol. The Labute approximate surface area is 137 Å². The summed E-state index contributed by atoms with van der Waals surface area (Å²) in [4.78, 5) is 18.0. The zero-order chi connectivity index (χ0) is 16.6. The van der Waals surface area contributed by atoms with Crippen molar-refractivity contribution in [2.24, 2.45) is 5.92 Å². The van der Waals surface area contributed by atoms with Gasteiger partial charge in [-0.2, -0.15) is 5.26 Å². The Kier molecular flexibility index (Phi) is 4.12. The number of hydrogen-bond donors (Lipinski definition) is 1. The summed E-state index contributed by atoms with van der Waals surface area (Å²) in [5, 5.41) is 10.2. The molecule has 1 amide bonds. The van der Waals surface area contributed by atoms with E-state index in [4.69, 9.17) is 5.26 Å². The van der Waals surface area contributed by atoms with E-state index in [0.29, 0.717) is 19.5 Å². The SMILES string of the molecule is Cc1[nH]c2c(C)ccc(C)c2c1CC(=O)N1CCC(C#N)CC1. The molecule has 0 spiro atoms. The number of nitrogens with one attached hydrogen (secondary N) is 1. The number of H-pyrrole nitrogens is 1.